The Balaban J connectivity index is 2.79. The van der Waals surface area contributed by atoms with Gasteiger partial charge in [0.05, 0.1) is 6.42 Å². The summed E-state index contributed by atoms with van der Waals surface area (Å²) >= 11 is 0. The standard InChI is InChI=1S/C5H7N3O2/c1-3-2-4(9)8(7-3)5(6)10/h2H2,1H3,(H2,6,10). The molecule has 0 aromatic heterocycles. The lowest BCUT2D eigenvalue weighted by atomic mass is 10.3. The molecular weight excluding hydrogens is 134 g/mol. The minimum atomic E-state index is -0.818. The Kier molecular flexibility index (Phi) is 1.41. The van der Waals surface area contributed by atoms with Crippen LogP contribution in [0.1, 0.15) is 13.3 Å². The Labute approximate surface area is 57.5 Å². The number of primary amides is 1. The summed E-state index contributed by atoms with van der Waals surface area (Å²) in [5, 5.41) is 4.27. The number of hydrogen-bond donors (Lipinski definition) is 1. The van der Waals surface area contributed by atoms with E-state index >= 15 is 0 Å². The first-order valence-electron chi connectivity index (χ1n) is 2.77. The molecule has 0 saturated carbocycles. The van der Waals surface area contributed by atoms with Gasteiger partial charge in [0.2, 0.25) is 0 Å². The number of rotatable bonds is 0. The Morgan fingerprint density at radius 1 is 1.80 bits per heavy atom. The quantitative estimate of drug-likeness (QED) is 0.501. The third kappa shape index (κ3) is 0.975. The zero-order valence-corrected chi connectivity index (χ0v) is 5.50. The maximum absolute atomic E-state index is 10.7. The first-order chi connectivity index (χ1) is 4.61. The molecule has 0 fully saturated rings. The molecule has 0 spiro atoms. The summed E-state index contributed by atoms with van der Waals surface area (Å²) in [6, 6.07) is -0.818. The second kappa shape index (κ2) is 2.09. The summed E-state index contributed by atoms with van der Waals surface area (Å²) in [7, 11) is 0. The number of urea groups is 1. The number of imide groups is 1. The molecule has 1 rings (SSSR count). The fourth-order valence-corrected chi connectivity index (χ4v) is 0.728. The molecule has 0 aromatic carbocycles. The highest BCUT2D eigenvalue weighted by atomic mass is 16.2. The summed E-state index contributed by atoms with van der Waals surface area (Å²) in [6.07, 6.45) is 0.197. The topological polar surface area (TPSA) is 75.8 Å². The number of nitrogens with zero attached hydrogens (tertiary/aromatic N) is 2. The SMILES string of the molecule is CC1=NN(C(N)=O)C(=O)C1. The predicted molar refractivity (Wildman–Crippen MR) is 34.2 cm³/mol. The molecule has 0 saturated heterocycles. The molecule has 5 nitrogen and oxygen atoms in total. The third-order valence-electron chi connectivity index (χ3n) is 1.12. The maximum atomic E-state index is 10.7. The van der Waals surface area contributed by atoms with Gasteiger partial charge >= 0.3 is 6.03 Å². The van der Waals surface area contributed by atoms with Crippen molar-refractivity contribution in [3.05, 3.63) is 0 Å². The third-order valence-corrected chi connectivity index (χ3v) is 1.12. The van der Waals surface area contributed by atoms with Crippen LogP contribution in [0.5, 0.6) is 0 Å². The average molecular weight is 141 g/mol. The number of hydrazone groups is 1. The van der Waals surface area contributed by atoms with Gasteiger partial charge < -0.3 is 5.73 Å². The van der Waals surface area contributed by atoms with Gasteiger partial charge in [0.25, 0.3) is 5.91 Å². The average Bonchev–Trinajstić information content (AvgIpc) is 2.10. The van der Waals surface area contributed by atoms with Gasteiger partial charge in [0.15, 0.2) is 0 Å². The number of hydrogen-bond acceptors (Lipinski definition) is 3. The molecule has 0 atom stereocenters. The summed E-state index contributed by atoms with van der Waals surface area (Å²) in [5.41, 5.74) is 5.42. The van der Waals surface area contributed by atoms with Crippen LogP contribution < -0.4 is 5.73 Å². The van der Waals surface area contributed by atoms with E-state index in [1.807, 2.05) is 0 Å². The second-order valence-electron chi connectivity index (χ2n) is 2.06. The highest BCUT2D eigenvalue weighted by Gasteiger charge is 2.24. The molecule has 0 bridgehead atoms. The molecule has 1 aliphatic rings. The minimum Gasteiger partial charge on any atom is -0.350 e. The molecule has 0 radical (unpaired) electrons. The zero-order chi connectivity index (χ0) is 7.72. The van der Waals surface area contributed by atoms with E-state index in [-0.39, 0.29) is 12.3 Å². The number of carbonyl (C=O) groups is 2. The van der Waals surface area contributed by atoms with Crippen molar-refractivity contribution in [2.45, 2.75) is 13.3 Å². The van der Waals surface area contributed by atoms with E-state index in [9.17, 15) is 9.59 Å². The molecule has 10 heavy (non-hydrogen) atoms. The van der Waals surface area contributed by atoms with Crippen LogP contribution in [0.4, 0.5) is 4.79 Å². The Hall–Kier alpha value is -1.39. The zero-order valence-electron chi connectivity index (χ0n) is 5.50. The van der Waals surface area contributed by atoms with Crippen molar-refractivity contribution in [3.63, 3.8) is 0 Å². The van der Waals surface area contributed by atoms with E-state index in [0.717, 1.165) is 0 Å². The Bertz CT molecular complexity index is 221. The van der Waals surface area contributed by atoms with Gasteiger partial charge in [0, 0.05) is 5.71 Å². The Morgan fingerprint density at radius 3 is 2.60 bits per heavy atom. The monoisotopic (exact) mass is 141 g/mol. The molecule has 0 unspecified atom stereocenters. The summed E-state index contributed by atoms with van der Waals surface area (Å²) in [6.45, 7) is 1.67. The van der Waals surface area contributed by atoms with Crippen LogP contribution in [-0.2, 0) is 4.79 Å². The molecule has 2 N–H and O–H groups in total. The van der Waals surface area contributed by atoms with Crippen molar-refractivity contribution >= 4 is 17.6 Å². The highest BCUT2D eigenvalue weighted by molar-refractivity contribution is 6.09. The van der Waals surface area contributed by atoms with E-state index in [4.69, 9.17) is 5.73 Å². The molecular formula is C5H7N3O2. The lowest BCUT2D eigenvalue weighted by molar-refractivity contribution is -0.125. The Morgan fingerprint density at radius 2 is 2.40 bits per heavy atom. The van der Waals surface area contributed by atoms with Crippen molar-refractivity contribution < 1.29 is 9.59 Å². The summed E-state index contributed by atoms with van der Waals surface area (Å²) in [4.78, 5) is 21.1. The fourth-order valence-electron chi connectivity index (χ4n) is 0.728. The van der Waals surface area contributed by atoms with Gasteiger partial charge in [-0.2, -0.15) is 5.10 Å². The van der Waals surface area contributed by atoms with Gasteiger partial charge in [-0.25, -0.2) is 4.79 Å². The molecule has 1 heterocycles. The normalized spacial score (nSPS) is 17.5. The number of amides is 3. The molecule has 0 aliphatic carbocycles. The van der Waals surface area contributed by atoms with Crippen molar-refractivity contribution in [1.82, 2.24) is 5.01 Å². The van der Waals surface area contributed by atoms with E-state index in [1.54, 1.807) is 6.92 Å². The maximum Gasteiger partial charge on any atom is 0.342 e. The first kappa shape index (κ1) is 6.73. The molecule has 54 valence electrons. The van der Waals surface area contributed by atoms with Gasteiger partial charge in [-0.05, 0) is 6.92 Å². The van der Waals surface area contributed by atoms with E-state index in [0.29, 0.717) is 10.7 Å². The highest BCUT2D eigenvalue weighted by Crippen LogP contribution is 2.06. The first-order valence-corrected chi connectivity index (χ1v) is 2.77. The van der Waals surface area contributed by atoms with Crippen LogP contribution in [0, 0.1) is 0 Å². The van der Waals surface area contributed by atoms with Gasteiger partial charge in [-0.15, -0.1) is 5.01 Å². The summed E-state index contributed by atoms with van der Waals surface area (Å²) < 4.78 is 0. The fraction of sp³-hybridized carbons (Fsp3) is 0.400. The number of nitrogens with two attached hydrogens (primary N) is 1. The van der Waals surface area contributed by atoms with Crippen LogP contribution in [0.25, 0.3) is 0 Å². The largest absolute Gasteiger partial charge is 0.350 e. The van der Waals surface area contributed by atoms with Crippen LogP contribution in [0.2, 0.25) is 0 Å². The number of carbonyl (C=O) groups excluding carboxylic acids is 2. The van der Waals surface area contributed by atoms with E-state index in [2.05, 4.69) is 5.10 Å². The van der Waals surface area contributed by atoms with Gasteiger partial charge in [-0.1, -0.05) is 0 Å². The molecule has 1 aliphatic heterocycles. The van der Waals surface area contributed by atoms with Crippen molar-refractivity contribution in [1.29, 1.82) is 0 Å². The van der Waals surface area contributed by atoms with Crippen molar-refractivity contribution in [3.8, 4) is 0 Å². The lowest BCUT2D eigenvalue weighted by Gasteiger charge is -2.02. The van der Waals surface area contributed by atoms with E-state index in [1.165, 1.54) is 0 Å². The van der Waals surface area contributed by atoms with Crippen molar-refractivity contribution in [2.75, 3.05) is 0 Å². The van der Waals surface area contributed by atoms with Crippen LogP contribution in [0.3, 0.4) is 0 Å². The summed E-state index contributed by atoms with van der Waals surface area (Å²) in [5.74, 6) is -0.356. The van der Waals surface area contributed by atoms with Crippen LogP contribution >= 0.6 is 0 Å². The molecule has 5 heteroatoms. The second-order valence-corrected chi connectivity index (χ2v) is 2.06. The lowest BCUT2D eigenvalue weighted by Crippen LogP contribution is -2.33. The minimum absolute atomic E-state index is 0.197. The van der Waals surface area contributed by atoms with Gasteiger partial charge in [-0.3, -0.25) is 4.79 Å². The smallest absolute Gasteiger partial charge is 0.342 e. The predicted octanol–water partition coefficient (Wildman–Crippen LogP) is -0.327. The van der Waals surface area contributed by atoms with Crippen molar-refractivity contribution in [2.24, 2.45) is 10.8 Å². The van der Waals surface area contributed by atoms with Crippen LogP contribution in [-0.4, -0.2) is 22.7 Å². The molecule has 3 amide bonds. The van der Waals surface area contributed by atoms with E-state index < -0.39 is 6.03 Å². The molecule has 0 aromatic rings. The van der Waals surface area contributed by atoms with Gasteiger partial charge in [0.1, 0.15) is 0 Å². The van der Waals surface area contributed by atoms with Crippen LogP contribution in [0.15, 0.2) is 5.10 Å².